The molecule has 33 heavy (non-hydrogen) atoms. The van der Waals surface area contributed by atoms with Gasteiger partial charge in [0, 0.05) is 36.2 Å². The normalized spacial score (nSPS) is 23.5. The summed E-state index contributed by atoms with van der Waals surface area (Å²) in [5, 5.41) is 10.0. The summed E-state index contributed by atoms with van der Waals surface area (Å²) in [6.45, 7) is 2.94. The van der Waals surface area contributed by atoms with Gasteiger partial charge in [0.2, 0.25) is 11.8 Å². The first kappa shape index (κ1) is 20.4. The van der Waals surface area contributed by atoms with Crippen molar-refractivity contribution in [1.29, 1.82) is 0 Å². The Bertz CT molecular complexity index is 1200. The van der Waals surface area contributed by atoms with Gasteiger partial charge in [-0.1, -0.05) is 18.2 Å². The van der Waals surface area contributed by atoms with Crippen LogP contribution in [0.1, 0.15) is 41.6 Å². The predicted molar refractivity (Wildman–Crippen MR) is 124 cm³/mol. The van der Waals surface area contributed by atoms with Crippen molar-refractivity contribution in [3.63, 3.8) is 0 Å². The Kier molecular flexibility index (Phi) is 4.92. The van der Waals surface area contributed by atoms with Crippen LogP contribution in [-0.2, 0) is 16.0 Å². The van der Waals surface area contributed by atoms with Crippen LogP contribution in [-0.4, -0.2) is 54.4 Å². The summed E-state index contributed by atoms with van der Waals surface area (Å²) >= 11 is 0. The number of nitrogens with zero attached hydrogens (tertiary/aromatic N) is 2. The molecular weight excluding hydrogens is 418 g/mol. The number of carbonyl (C=O) groups excluding carboxylic acids is 3. The summed E-state index contributed by atoms with van der Waals surface area (Å²) in [7, 11) is 0. The number of anilines is 1. The van der Waals surface area contributed by atoms with Crippen LogP contribution in [0.15, 0.2) is 42.1 Å². The first-order chi connectivity index (χ1) is 16.1. The number of piperidine rings is 2. The number of hydrazine groups is 1. The minimum absolute atomic E-state index is 0.166. The average molecular weight is 446 g/mol. The van der Waals surface area contributed by atoms with Gasteiger partial charge < -0.3 is 10.3 Å². The number of amides is 3. The molecule has 3 amide bonds. The molecule has 1 atom stereocenters. The molecule has 0 aliphatic carbocycles. The molecule has 0 spiro atoms. The van der Waals surface area contributed by atoms with Gasteiger partial charge in [-0.2, -0.15) is 0 Å². The fourth-order valence-corrected chi connectivity index (χ4v) is 5.61. The zero-order valence-corrected chi connectivity index (χ0v) is 18.4. The molecule has 8 nitrogen and oxygen atoms in total. The maximum Gasteiger partial charge on any atom is 0.259 e. The lowest BCUT2D eigenvalue weighted by molar-refractivity contribution is -0.134. The number of imide groups is 1. The molecule has 4 aliphatic rings. The van der Waals surface area contributed by atoms with E-state index in [2.05, 4.69) is 39.4 Å². The highest BCUT2D eigenvalue weighted by molar-refractivity contribution is 6.27. The summed E-state index contributed by atoms with van der Waals surface area (Å²) in [5.74, 6) is -0.844. The Hall–Kier alpha value is -3.23. The molecule has 1 unspecified atom stereocenters. The van der Waals surface area contributed by atoms with Crippen LogP contribution in [0.25, 0.3) is 10.8 Å². The van der Waals surface area contributed by atoms with Crippen LogP contribution in [0.2, 0.25) is 0 Å². The van der Waals surface area contributed by atoms with Crippen LogP contribution in [0.5, 0.6) is 0 Å². The molecule has 4 heterocycles. The Labute approximate surface area is 191 Å². The second-order valence-corrected chi connectivity index (χ2v) is 9.30. The maximum absolute atomic E-state index is 13.3. The van der Waals surface area contributed by atoms with Crippen molar-refractivity contribution in [1.82, 2.24) is 21.1 Å². The number of hydrogen-bond donors (Lipinski definition) is 3. The van der Waals surface area contributed by atoms with Gasteiger partial charge in [-0.3, -0.25) is 24.6 Å². The minimum Gasteiger partial charge on any atom is -0.317 e. The van der Waals surface area contributed by atoms with E-state index in [0.717, 1.165) is 55.4 Å². The third-order valence-electron chi connectivity index (χ3n) is 7.27. The van der Waals surface area contributed by atoms with Gasteiger partial charge in [-0.05, 0) is 67.4 Å². The van der Waals surface area contributed by atoms with Crippen molar-refractivity contribution in [2.24, 2.45) is 0 Å². The molecule has 0 saturated carbocycles. The molecule has 0 radical (unpaired) electrons. The molecule has 2 saturated heterocycles. The van der Waals surface area contributed by atoms with E-state index < -0.39 is 11.9 Å². The fraction of sp³-hybridized carbons (Fsp3) is 0.400. The second kappa shape index (κ2) is 7.97. The Morgan fingerprint density at radius 3 is 2.67 bits per heavy atom. The summed E-state index contributed by atoms with van der Waals surface area (Å²) in [6, 6.07) is 9.72. The van der Waals surface area contributed by atoms with Gasteiger partial charge in [0.15, 0.2) is 0 Å². The molecule has 6 rings (SSSR count). The number of benzene rings is 2. The smallest absolute Gasteiger partial charge is 0.259 e. The van der Waals surface area contributed by atoms with Crippen molar-refractivity contribution in [2.75, 3.05) is 24.5 Å². The minimum atomic E-state index is -0.656. The molecule has 2 aromatic rings. The predicted octanol–water partition coefficient (Wildman–Crippen LogP) is 1.60. The van der Waals surface area contributed by atoms with Crippen molar-refractivity contribution in [3.8, 4) is 0 Å². The molecule has 4 aliphatic heterocycles. The van der Waals surface area contributed by atoms with E-state index in [1.54, 1.807) is 4.90 Å². The van der Waals surface area contributed by atoms with Crippen LogP contribution in [0, 0.1) is 0 Å². The highest BCUT2D eigenvalue weighted by atomic mass is 16.2. The summed E-state index contributed by atoms with van der Waals surface area (Å²) in [5.41, 5.74) is 7.41. The van der Waals surface area contributed by atoms with E-state index in [1.165, 1.54) is 11.1 Å². The standard InChI is InChI=1S/C25H27N5O3/c31-22-7-6-21(24(32)28-22)30-20-5-4-16(18-2-1-3-19(23(18)20)25(30)33)12-15-13-27-29(14-15)17-8-10-26-11-9-17/h1-5,14,17,21,26-27H,6-13H2,(H,28,31,32). The van der Waals surface area contributed by atoms with E-state index in [1.807, 2.05) is 18.2 Å². The quantitative estimate of drug-likeness (QED) is 0.619. The number of hydrogen-bond acceptors (Lipinski definition) is 6. The zero-order chi connectivity index (χ0) is 22.5. The van der Waals surface area contributed by atoms with Crippen LogP contribution in [0.3, 0.4) is 0 Å². The van der Waals surface area contributed by atoms with Gasteiger partial charge in [0.05, 0.1) is 5.69 Å². The molecule has 8 heteroatoms. The summed E-state index contributed by atoms with van der Waals surface area (Å²) in [6.07, 6.45) is 5.92. The molecule has 0 bridgehead atoms. The highest BCUT2D eigenvalue weighted by Gasteiger charge is 2.40. The third-order valence-corrected chi connectivity index (χ3v) is 7.27. The maximum atomic E-state index is 13.3. The van der Waals surface area contributed by atoms with Crippen LogP contribution in [0.4, 0.5) is 5.69 Å². The first-order valence-electron chi connectivity index (χ1n) is 11.7. The van der Waals surface area contributed by atoms with E-state index in [-0.39, 0.29) is 18.2 Å². The van der Waals surface area contributed by atoms with Crippen molar-refractivity contribution in [3.05, 3.63) is 53.2 Å². The lowest BCUT2D eigenvalue weighted by Crippen LogP contribution is -2.53. The number of nitrogens with one attached hydrogen (secondary N) is 3. The Morgan fingerprint density at radius 2 is 1.85 bits per heavy atom. The van der Waals surface area contributed by atoms with Gasteiger partial charge in [-0.15, -0.1) is 0 Å². The largest absolute Gasteiger partial charge is 0.317 e. The van der Waals surface area contributed by atoms with E-state index >= 15 is 0 Å². The lowest BCUT2D eigenvalue weighted by Gasteiger charge is -2.31. The molecule has 2 fully saturated rings. The van der Waals surface area contributed by atoms with Gasteiger partial charge in [0.1, 0.15) is 6.04 Å². The topological polar surface area (TPSA) is 93.8 Å². The molecule has 2 aromatic carbocycles. The van der Waals surface area contributed by atoms with Crippen molar-refractivity contribution >= 4 is 34.2 Å². The molecular formula is C25H27N5O3. The van der Waals surface area contributed by atoms with Gasteiger partial charge >= 0.3 is 0 Å². The van der Waals surface area contributed by atoms with E-state index in [4.69, 9.17) is 0 Å². The summed E-state index contributed by atoms with van der Waals surface area (Å²) in [4.78, 5) is 39.0. The van der Waals surface area contributed by atoms with E-state index in [0.29, 0.717) is 18.0 Å². The number of rotatable bonds is 4. The fourth-order valence-electron chi connectivity index (χ4n) is 5.61. The molecule has 3 N–H and O–H groups in total. The van der Waals surface area contributed by atoms with Crippen LogP contribution >= 0.6 is 0 Å². The highest BCUT2D eigenvalue weighted by Crippen LogP contribution is 2.41. The van der Waals surface area contributed by atoms with Crippen LogP contribution < -0.4 is 21.0 Å². The Morgan fingerprint density at radius 1 is 1.00 bits per heavy atom. The molecule has 170 valence electrons. The molecule has 0 aromatic heterocycles. The monoisotopic (exact) mass is 445 g/mol. The lowest BCUT2D eigenvalue weighted by atomic mass is 9.96. The zero-order valence-electron chi connectivity index (χ0n) is 18.4. The number of carbonyl (C=O) groups is 3. The average Bonchev–Trinajstić information content (AvgIpc) is 3.41. The van der Waals surface area contributed by atoms with Gasteiger partial charge in [-0.25, -0.2) is 5.43 Å². The van der Waals surface area contributed by atoms with Gasteiger partial charge in [0.25, 0.3) is 5.91 Å². The van der Waals surface area contributed by atoms with Crippen molar-refractivity contribution < 1.29 is 14.4 Å². The Balaban J connectivity index is 1.31. The first-order valence-corrected chi connectivity index (χ1v) is 11.7. The third kappa shape index (κ3) is 3.41. The SMILES string of the molecule is O=C1CCC(N2C(=O)c3cccc4c(CC5=CN(C6CCNCC6)NC5)ccc2c34)C(=O)N1. The van der Waals surface area contributed by atoms with E-state index in [9.17, 15) is 14.4 Å². The van der Waals surface area contributed by atoms with Crippen molar-refractivity contribution in [2.45, 2.75) is 44.2 Å². The second-order valence-electron chi connectivity index (χ2n) is 9.30. The summed E-state index contributed by atoms with van der Waals surface area (Å²) < 4.78 is 0.